The van der Waals surface area contributed by atoms with E-state index in [1.165, 1.54) is 0 Å². The van der Waals surface area contributed by atoms with Crippen molar-refractivity contribution < 1.29 is 14.3 Å². The van der Waals surface area contributed by atoms with Gasteiger partial charge in [0, 0.05) is 44.1 Å². The van der Waals surface area contributed by atoms with Gasteiger partial charge in [0.2, 0.25) is 0 Å². The molecule has 0 spiro atoms. The van der Waals surface area contributed by atoms with E-state index in [1.54, 1.807) is 7.11 Å². The molecule has 0 aliphatic carbocycles. The number of imidazole rings is 1. The lowest BCUT2D eigenvalue weighted by Crippen LogP contribution is -2.48. The van der Waals surface area contributed by atoms with Crippen LogP contribution in [0.15, 0.2) is 73.1 Å². The molecule has 0 saturated carbocycles. The number of rotatable bonds is 6. The van der Waals surface area contributed by atoms with Crippen LogP contribution in [0.4, 0.5) is 5.69 Å². The molecule has 1 aliphatic rings. The molecule has 4 aromatic rings. The van der Waals surface area contributed by atoms with Gasteiger partial charge in [0.05, 0.1) is 18.5 Å². The highest BCUT2D eigenvalue weighted by Gasteiger charge is 2.23. The van der Waals surface area contributed by atoms with Gasteiger partial charge in [0.15, 0.2) is 0 Å². The number of fused-ring (bicyclic) bond motifs is 1. The van der Waals surface area contributed by atoms with Gasteiger partial charge >= 0.3 is 0 Å². The Hall–Kier alpha value is -4.00. The second-order valence-electron chi connectivity index (χ2n) is 8.42. The second kappa shape index (κ2) is 9.47. The fourth-order valence-electron chi connectivity index (χ4n) is 4.35. The minimum Gasteiger partial charge on any atom is -0.495 e. The zero-order valence-electron chi connectivity index (χ0n) is 19.5. The molecule has 5 rings (SSSR count). The summed E-state index contributed by atoms with van der Waals surface area (Å²) >= 11 is 0. The maximum atomic E-state index is 13.0. The highest BCUT2D eigenvalue weighted by molar-refractivity contribution is 5.94. The third-order valence-corrected chi connectivity index (χ3v) is 6.21. The lowest BCUT2D eigenvalue weighted by atomic mass is 10.1. The standard InChI is InChI=1S/C27H28N4O3/c1-20-6-5-13-31-18-22(28-26(20)31)19-34-23-11-9-21(10-12-23)27(32)30-16-14-29(15-17-30)24-7-3-4-8-25(24)33-2/h3-13,18H,14-17,19H2,1-2H3. The predicted molar refractivity (Wildman–Crippen MR) is 132 cm³/mol. The molecule has 0 atom stereocenters. The molecule has 174 valence electrons. The summed E-state index contributed by atoms with van der Waals surface area (Å²) in [6.07, 6.45) is 3.96. The van der Waals surface area contributed by atoms with Gasteiger partial charge in [0.25, 0.3) is 5.91 Å². The molecule has 0 unspecified atom stereocenters. The average Bonchev–Trinajstić information content (AvgIpc) is 3.32. The molecule has 0 N–H and O–H groups in total. The van der Waals surface area contributed by atoms with Crippen LogP contribution >= 0.6 is 0 Å². The molecular weight excluding hydrogens is 428 g/mol. The van der Waals surface area contributed by atoms with E-state index in [2.05, 4.69) is 16.0 Å². The van der Waals surface area contributed by atoms with Crippen molar-refractivity contribution in [3.05, 3.63) is 89.9 Å². The highest BCUT2D eigenvalue weighted by atomic mass is 16.5. The van der Waals surface area contributed by atoms with Crippen LogP contribution in [0, 0.1) is 6.92 Å². The minimum absolute atomic E-state index is 0.0436. The molecule has 1 amide bonds. The van der Waals surface area contributed by atoms with Crippen LogP contribution in [0.1, 0.15) is 21.6 Å². The minimum atomic E-state index is 0.0436. The van der Waals surface area contributed by atoms with Crippen LogP contribution in [0.25, 0.3) is 5.65 Å². The van der Waals surface area contributed by atoms with Gasteiger partial charge in [-0.25, -0.2) is 4.98 Å². The van der Waals surface area contributed by atoms with Crippen molar-refractivity contribution in [1.29, 1.82) is 0 Å². The maximum absolute atomic E-state index is 13.0. The van der Waals surface area contributed by atoms with E-state index in [4.69, 9.17) is 9.47 Å². The number of carbonyl (C=O) groups is 1. The van der Waals surface area contributed by atoms with E-state index >= 15 is 0 Å². The van der Waals surface area contributed by atoms with Crippen molar-refractivity contribution in [2.45, 2.75) is 13.5 Å². The molecule has 2 aromatic heterocycles. The second-order valence-corrected chi connectivity index (χ2v) is 8.42. The summed E-state index contributed by atoms with van der Waals surface area (Å²) in [5, 5.41) is 0. The van der Waals surface area contributed by atoms with Crippen molar-refractivity contribution >= 4 is 17.2 Å². The molecule has 1 saturated heterocycles. The average molecular weight is 457 g/mol. The molecule has 2 aromatic carbocycles. The number of methoxy groups -OCH3 is 1. The molecular formula is C27H28N4O3. The number of anilines is 1. The van der Waals surface area contributed by atoms with E-state index in [0.717, 1.165) is 41.4 Å². The molecule has 7 heteroatoms. The molecule has 1 fully saturated rings. The Morgan fingerprint density at radius 1 is 0.971 bits per heavy atom. The quantitative estimate of drug-likeness (QED) is 0.435. The summed E-state index contributed by atoms with van der Waals surface area (Å²) in [4.78, 5) is 21.8. The van der Waals surface area contributed by atoms with Crippen molar-refractivity contribution in [2.75, 3.05) is 38.2 Å². The van der Waals surface area contributed by atoms with Crippen molar-refractivity contribution in [3.63, 3.8) is 0 Å². The zero-order chi connectivity index (χ0) is 23.5. The molecule has 3 heterocycles. The molecule has 7 nitrogen and oxygen atoms in total. The Morgan fingerprint density at radius 2 is 1.74 bits per heavy atom. The summed E-state index contributed by atoms with van der Waals surface area (Å²) in [6.45, 7) is 5.29. The lowest BCUT2D eigenvalue weighted by molar-refractivity contribution is 0.0746. The van der Waals surface area contributed by atoms with Gasteiger partial charge in [-0.1, -0.05) is 18.2 Å². The number of carbonyl (C=O) groups excluding carboxylic acids is 1. The van der Waals surface area contributed by atoms with Crippen LogP contribution in [0.5, 0.6) is 11.5 Å². The van der Waals surface area contributed by atoms with Crippen LogP contribution in [-0.4, -0.2) is 53.5 Å². The number of para-hydroxylation sites is 2. The monoisotopic (exact) mass is 456 g/mol. The molecule has 0 bridgehead atoms. The number of aromatic nitrogens is 2. The summed E-state index contributed by atoms with van der Waals surface area (Å²) in [7, 11) is 1.68. The van der Waals surface area contributed by atoms with E-state index in [1.807, 2.05) is 83.2 Å². The van der Waals surface area contributed by atoms with Crippen molar-refractivity contribution in [3.8, 4) is 11.5 Å². The number of nitrogens with zero attached hydrogens (tertiary/aromatic N) is 4. The Morgan fingerprint density at radius 3 is 2.47 bits per heavy atom. The highest BCUT2D eigenvalue weighted by Crippen LogP contribution is 2.28. The summed E-state index contributed by atoms with van der Waals surface area (Å²) in [5.74, 6) is 1.62. The van der Waals surface area contributed by atoms with E-state index in [0.29, 0.717) is 31.0 Å². The topological polar surface area (TPSA) is 59.3 Å². The van der Waals surface area contributed by atoms with Crippen molar-refractivity contribution in [1.82, 2.24) is 14.3 Å². The number of hydrogen-bond acceptors (Lipinski definition) is 5. The normalized spacial score (nSPS) is 13.8. The zero-order valence-corrected chi connectivity index (χ0v) is 19.5. The SMILES string of the molecule is COc1ccccc1N1CCN(C(=O)c2ccc(OCc3cn4cccc(C)c4n3)cc2)CC1. The smallest absolute Gasteiger partial charge is 0.253 e. The predicted octanol–water partition coefficient (Wildman–Crippen LogP) is 4.19. The third-order valence-electron chi connectivity index (χ3n) is 6.21. The van der Waals surface area contributed by atoms with Gasteiger partial charge in [-0.05, 0) is 55.0 Å². The molecule has 1 aliphatic heterocycles. The van der Waals surface area contributed by atoms with Crippen LogP contribution in [-0.2, 0) is 6.61 Å². The van der Waals surface area contributed by atoms with Crippen LogP contribution in [0.3, 0.4) is 0 Å². The number of benzene rings is 2. The van der Waals surface area contributed by atoms with E-state index < -0.39 is 0 Å². The number of pyridine rings is 1. The van der Waals surface area contributed by atoms with Gasteiger partial charge in [0.1, 0.15) is 23.8 Å². The first kappa shape index (κ1) is 21.8. The summed E-state index contributed by atoms with van der Waals surface area (Å²) in [6, 6.07) is 19.4. The van der Waals surface area contributed by atoms with Crippen LogP contribution < -0.4 is 14.4 Å². The van der Waals surface area contributed by atoms with E-state index in [-0.39, 0.29) is 5.91 Å². The Kier molecular flexibility index (Phi) is 6.08. The fourth-order valence-corrected chi connectivity index (χ4v) is 4.35. The van der Waals surface area contributed by atoms with Crippen molar-refractivity contribution in [2.24, 2.45) is 0 Å². The molecule has 34 heavy (non-hydrogen) atoms. The number of amides is 1. The number of piperazine rings is 1. The maximum Gasteiger partial charge on any atom is 0.253 e. The Bertz CT molecular complexity index is 1290. The Balaban J connectivity index is 1.17. The van der Waals surface area contributed by atoms with Gasteiger partial charge in [-0.3, -0.25) is 4.79 Å². The Labute approximate surface area is 199 Å². The first-order chi connectivity index (χ1) is 16.6. The van der Waals surface area contributed by atoms with Gasteiger partial charge in [-0.15, -0.1) is 0 Å². The van der Waals surface area contributed by atoms with E-state index in [9.17, 15) is 4.79 Å². The van der Waals surface area contributed by atoms with Gasteiger partial charge < -0.3 is 23.7 Å². The number of ether oxygens (including phenoxy) is 2. The fraction of sp³-hybridized carbons (Fsp3) is 0.259. The number of aryl methyl sites for hydroxylation is 1. The number of hydrogen-bond donors (Lipinski definition) is 0. The molecule has 0 radical (unpaired) electrons. The first-order valence-electron chi connectivity index (χ1n) is 11.5. The van der Waals surface area contributed by atoms with Crippen LogP contribution in [0.2, 0.25) is 0 Å². The summed E-state index contributed by atoms with van der Waals surface area (Å²) < 4.78 is 13.4. The largest absolute Gasteiger partial charge is 0.495 e. The summed E-state index contributed by atoms with van der Waals surface area (Å²) in [5.41, 5.74) is 4.66. The third kappa shape index (κ3) is 4.41. The lowest BCUT2D eigenvalue weighted by Gasteiger charge is -2.36. The first-order valence-corrected chi connectivity index (χ1v) is 11.5. The van der Waals surface area contributed by atoms with Gasteiger partial charge in [-0.2, -0.15) is 0 Å².